The fraction of sp³-hybridized carbons (Fsp3) is 0.538. The Morgan fingerprint density at radius 1 is 1.27 bits per heavy atom. The molecule has 1 aromatic rings. The van der Waals surface area contributed by atoms with E-state index in [4.69, 9.17) is 4.74 Å². The topological polar surface area (TPSA) is 21.3 Å². The summed E-state index contributed by atoms with van der Waals surface area (Å²) < 4.78 is 5.12. The first kappa shape index (κ1) is 10.5. The Morgan fingerprint density at radius 3 is 2.60 bits per heavy atom. The predicted molar refractivity (Wildman–Crippen MR) is 62.3 cm³/mol. The van der Waals surface area contributed by atoms with Crippen molar-refractivity contribution in [2.45, 2.75) is 19.3 Å². The maximum Gasteiger partial charge on any atom is 0.118 e. The molecule has 0 aromatic heterocycles. The van der Waals surface area contributed by atoms with Crippen molar-refractivity contribution in [3.63, 3.8) is 0 Å². The van der Waals surface area contributed by atoms with Crippen molar-refractivity contribution in [3.8, 4) is 5.75 Å². The number of hydrogen-bond donors (Lipinski definition) is 1. The molecule has 2 nitrogen and oxygen atoms in total. The molecule has 0 unspecified atom stereocenters. The number of hydrogen-bond acceptors (Lipinski definition) is 2. The second-order valence-corrected chi connectivity index (χ2v) is 4.25. The smallest absolute Gasteiger partial charge is 0.118 e. The second-order valence-electron chi connectivity index (χ2n) is 4.25. The fourth-order valence-electron chi connectivity index (χ4n) is 1.65. The van der Waals surface area contributed by atoms with E-state index in [9.17, 15) is 0 Å². The van der Waals surface area contributed by atoms with Crippen molar-refractivity contribution < 1.29 is 4.74 Å². The normalized spacial score (nSPS) is 15.3. The Balaban J connectivity index is 1.67. The lowest BCUT2D eigenvalue weighted by Gasteiger charge is -2.04. The summed E-state index contributed by atoms with van der Waals surface area (Å²) in [5.74, 6) is 1.91. The van der Waals surface area contributed by atoms with E-state index in [0.29, 0.717) is 0 Å². The van der Waals surface area contributed by atoms with Gasteiger partial charge in [-0.15, -0.1) is 0 Å². The minimum Gasteiger partial charge on any atom is -0.497 e. The molecule has 1 N–H and O–H groups in total. The van der Waals surface area contributed by atoms with Gasteiger partial charge in [-0.1, -0.05) is 12.1 Å². The third-order valence-electron chi connectivity index (χ3n) is 2.88. The summed E-state index contributed by atoms with van der Waals surface area (Å²) in [5.41, 5.74) is 1.37. The van der Waals surface area contributed by atoms with E-state index in [1.54, 1.807) is 7.11 Å². The molecule has 0 heterocycles. The molecule has 0 amide bonds. The van der Waals surface area contributed by atoms with Crippen molar-refractivity contribution in [2.24, 2.45) is 5.92 Å². The van der Waals surface area contributed by atoms with Crippen LogP contribution in [0.3, 0.4) is 0 Å². The minimum absolute atomic E-state index is 0.935. The number of benzene rings is 1. The van der Waals surface area contributed by atoms with E-state index in [-0.39, 0.29) is 0 Å². The summed E-state index contributed by atoms with van der Waals surface area (Å²) in [7, 11) is 1.70. The lowest BCUT2D eigenvalue weighted by Crippen LogP contribution is -2.19. The monoisotopic (exact) mass is 205 g/mol. The van der Waals surface area contributed by atoms with Gasteiger partial charge in [-0.25, -0.2) is 0 Å². The Hall–Kier alpha value is -1.02. The first-order chi connectivity index (χ1) is 7.38. The van der Waals surface area contributed by atoms with E-state index in [2.05, 4.69) is 17.4 Å². The highest BCUT2D eigenvalue weighted by molar-refractivity contribution is 5.27. The fourth-order valence-corrected chi connectivity index (χ4v) is 1.65. The van der Waals surface area contributed by atoms with E-state index < -0.39 is 0 Å². The number of rotatable bonds is 6. The molecule has 1 aromatic carbocycles. The van der Waals surface area contributed by atoms with Crippen LogP contribution in [0.1, 0.15) is 18.4 Å². The minimum atomic E-state index is 0.935. The molecule has 0 atom stereocenters. The van der Waals surface area contributed by atoms with E-state index >= 15 is 0 Å². The number of nitrogens with one attached hydrogen (secondary N) is 1. The average Bonchev–Trinajstić information content (AvgIpc) is 3.09. The van der Waals surface area contributed by atoms with Gasteiger partial charge in [0, 0.05) is 0 Å². The summed E-state index contributed by atoms with van der Waals surface area (Å²) in [6.07, 6.45) is 3.96. The van der Waals surface area contributed by atoms with Crippen LogP contribution < -0.4 is 10.1 Å². The predicted octanol–water partition coefficient (Wildman–Crippen LogP) is 2.24. The highest BCUT2D eigenvalue weighted by Gasteiger charge is 2.19. The zero-order chi connectivity index (χ0) is 10.5. The van der Waals surface area contributed by atoms with Crippen LogP contribution in [0.2, 0.25) is 0 Å². The Bertz CT molecular complexity index is 290. The maximum absolute atomic E-state index is 5.12. The zero-order valence-electron chi connectivity index (χ0n) is 9.33. The molecule has 0 radical (unpaired) electrons. The summed E-state index contributed by atoms with van der Waals surface area (Å²) in [6.45, 7) is 2.29. The maximum atomic E-state index is 5.12. The van der Waals surface area contributed by atoms with Gasteiger partial charge in [-0.3, -0.25) is 0 Å². The van der Waals surface area contributed by atoms with Crippen LogP contribution in [-0.4, -0.2) is 20.2 Å². The van der Waals surface area contributed by atoms with Crippen molar-refractivity contribution >= 4 is 0 Å². The molecule has 0 bridgehead atoms. The highest BCUT2D eigenvalue weighted by Crippen LogP contribution is 2.27. The van der Waals surface area contributed by atoms with Gasteiger partial charge in [-0.05, 0) is 56.0 Å². The molecule has 1 fully saturated rings. The lowest BCUT2D eigenvalue weighted by molar-refractivity contribution is 0.414. The Morgan fingerprint density at radius 2 is 2.00 bits per heavy atom. The van der Waals surface area contributed by atoms with E-state index in [0.717, 1.165) is 24.6 Å². The molecule has 0 aliphatic heterocycles. The molecule has 1 saturated carbocycles. The Kier molecular flexibility index (Phi) is 3.62. The van der Waals surface area contributed by atoms with Gasteiger partial charge in [-0.2, -0.15) is 0 Å². The molecular formula is C13H19NO. The summed E-state index contributed by atoms with van der Waals surface area (Å²) >= 11 is 0. The molecule has 0 spiro atoms. The van der Waals surface area contributed by atoms with Crippen LogP contribution in [0.5, 0.6) is 5.75 Å². The van der Waals surface area contributed by atoms with Crippen LogP contribution in [0.4, 0.5) is 0 Å². The van der Waals surface area contributed by atoms with Crippen LogP contribution >= 0.6 is 0 Å². The molecular weight excluding hydrogens is 186 g/mol. The van der Waals surface area contributed by atoms with Gasteiger partial charge in [0.05, 0.1) is 7.11 Å². The van der Waals surface area contributed by atoms with Crippen LogP contribution in [0.15, 0.2) is 24.3 Å². The van der Waals surface area contributed by atoms with E-state index in [1.165, 1.54) is 24.9 Å². The third-order valence-corrected chi connectivity index (χ3v) is 2.88. The number of ether oxygens (including phenoxy) is 1. The quantitative estimate of drug-likeness (QED) is 0.719. The second kappa shape index (κ2) is 5.17. The lowest BCUT2D eigenvalue weighted by atomic mass is 10.1. The molecule has 2 heteroatoms. The van der Waals surface area contributed by atoms with Gasteiger partial charge in [0.25, 0.3) is 0 Å². The van der Waals surface area contributed by atoms with Crippen LogP contribution in [0.25, 0.3) is 0 Å². The first-order valence-electron chi connectivity index (χ1n) is 5.72. The Labute approximate surface area is 91.6 Å². The molecule has 1 aliphatic rings. The van der Waals surface area contributed by atoms with Crippen molar-refractivity contribution in [3.05, 3.63) is 29.8 Å². The van der Waals surface area contributed by atoms with Crippen molar-refractivity contribution in [1.29, 1.82) is 0 Å². The van der Waals surface area contributed by atoms with E-state index in [1.807, 2.05) is 12.1 Å². The zero-order valence-corrected chi connectivity index (χ0v) is 9.33. The van der Waals surface area contributed by atoms with Gasteiger partial charge < -0.3 is 10.1 Å². The van der Waals surface area contributed by atoms with Crippen LogP contribution in [0, 0.1) is 5.92 Å². The van der Waals surface area contributed by atoms with Gasteiger partial charge in [0.2, 0.25) is 0 Å². The summed E-state index contributed by atoms with van der Waals surface area (Å²) in [5, 5.41) is 3.49. The van der Waals surface area contributed by atoms with Gasteiger partial charge in [0.1, 0.15) is 5.75 Å². The molecule has 15 heavy (non-hydrogen) atoms. The average molecular weight is 205 g/mol. The third kappa shape index (κ3) is 3.56. The number of methoxy groups -OCH3 is 1. The van der Waals surface area contributed by atoms with Crippen molar-refractivity contribution in [2.75, 3.05) is 20.2 Å². The van der Waals surface area contributed by atoms with Crippen LogP contribution in [-0.2, 0) is 6.42 Å². The SMILES string of the molecule is COc1ccc(CCNCC2CC2)cc1. The summed E-state index contributed by atoms with van der Waals surface area (Å²) in [6, 6.07) is 8.32. The highest BCUT2D eigenvalue weighted by atomic mass is 16.5. The van der Waals surface area contributed by atoms with Gasteiger partial charge in [0.15, 0.2) is 0 Å². The largest absolute Gasteiger partial charge is 0.497 e. The molecule has 0 saturated heterocycles. The summed E-state index contributed by atoms with van der Waals surface area (Å²) in [4.78, 5) is 0. The van der Waals surface area contributed by atoms with Crippen molar-refractivity contribution in [1.82, 2.24) is 5.32 Å². The standard InChI is InChI=1S/C13H19NO/c1-15-13-6-4-11(5-7-13)8-9-14-10-12-2-3-12/h4-7,12,14H,2-3,8-10H2,1H3. The van der Waals surface area contributed by atoms with Gasteiger partial charge >= 0.3 is 0 Å². The molecule has 1 aliphatic carbocycles. The first-order valence-corrected chi connectivity index (χ1v) is 5.72. The molecule has 2 rings (SSSR count). The molecule has 82 valence electrons.